The first-order valence-electron chi connectivity index (χ1n) is 8.40. The van der Waals surface area contributed by atoms with E-state index in [2.05, 4.69) is 27.3 Å². The molecule has 0 bridgehead atoms. The number of carbonyl (C=O) groups excluding carboxylic acids is 1. The van der Waals surface area contributed by atoms with E-state index in [1.807, 2.05) is 30.3 Å². The Kier molecular flexibility index (Phi) is 5.98. The highest BCUT2D eigenvalue weighted by Crippen LogP contribution is 2.11. The van der Waals surface area contributed by atoms with E-state index in [0.29, 0.717) is 25.6 Å². The second kappa shape index (κ2) is 8.60. The number of benzene rings is 1. The van der Waals surface area contributed by atoms with Crippen molar-refractivity contribution < 1.29 is 14.3 Å². The molecule has 3 rings (SSSR count). The summed E-state index contributed by atoms with van der Waals surface area (Å²) in [4.78, 5) is 18.9. The maximum Gasteiger partial charge on any atom is 0.250 e. The fourth-order valence-corrected chi connectivity index (χ4v) is 2.81. The summed E-state index contributed by atoms with van der Waals surface area (Å²) < 4.78 is 10.7. The van der Waals surface area contributed by atoms with Crippen molar-refractivity contribution in [3.63, 3.8) is 0 Å². The predicted octanol–water partition coefficient (Wildman–Crippen LogP) is 1.61. The summed E-state index contributed by atoms with van der Waals surface area (Å²) in [6.07, 6.45) is -0.455. The second-order valence-corrected chi connectivity index (χ2v) is 5.97. The zero-order valence-electron chi connectivity index (χ0n) is 14.4. The average Bonchev–Trinajstić information content (AvgIpc) is 2.67. The smallest absolute Gasteiger partial charge is 0.250 e. The van der Waals surface area contributed by atoms with Gasteiger partial charge in [-0.3, -0.25) is 9.69 Å². The number of ether oxygens (including phenoxy) is 2. The van der Waals surface area contributed by atoms with Crippen LogP contribution in [0.15, 0.2) is 48.5 Å². The minimum absolute atomic E-state index is 0.109. The lowest BCUT2D eigenvalue weighted by Gasteiger charge is -2.32. The largest absolute Gasteiger partial charge is 0.481 e. The minimum atomic E-state index is -0.455. The minimum Gasteiger partial charge on any atom is -0.481 e. The quantitative estimate of drug-likeness (QED) is 0.865. The summed E-state index contributed by atoms with van der Waals surface area (Å²) in [7, 11) is 1.57. The van der Waals surface area contributed by atoms with Gasteiger partial charge in [0.1, 0.15) is 6.10 Å². The Balaban J connectivity index is 1.51. The third-order valence-electron chi connectivity index (χ3n) is 4.13. The number of hydrogen-bond acceptors (Lipinski definition) is 5. The van der Waals surface area contributed by atoms with Crippen LogP contribution in [0, 0.1) is 0 Å². The van der Waals surface area contributed by atoms with E-state index in [-0.39, 0.29) is 5.91 Å². The van der Waals surface area contributed by atoms with E-state index in [1.54, 1.807) is 13.2 Å². The van der Waals surface area contributed by atoms with Gasteiger partial charge >= 0.3 is 0 Å². The highest BCUT2D eigenvalue weighted by Gasteiger charge is 2.26. The van der Waals surface area contributed by atoms with Gasteiger partial charge in [0.25, 0.3) is 5.91 Å². The highest BCUT2D eigenvalue weighted by molar-refractivity contribution is 5.81. The summed E-state index contributed by atoms with van der Waals surface area (Å²) in [5.41, 5.74) is 1.99. The molecular formula is C19H23N3O3. The van der Waals surface area contributed by atoms with Crippen molar-refractivity contribution in [1.29, 1.82) is 0 Å². The molecule has 1 saturated heterocycles. The van der Waals surface area contributed by atoms with E-state index in [0.717, 1.165) is 18.8 Å². The summed E-state index contributed by atoms with van der Waals surface area (Å²) in [6, 6.07) is 15.7. The number of amides is 1. The fourth-order valence-electron chi connectivity index (χ4n) is 2.81. The van der Waals surface area contributed by atoms with Crippen molar-refractivity contribution >= 4 is 5.91 Å². The van der Waals surface area contributed by atoms with Gasteiger partial charge in [0.05, 0.1) is 26.0 Å². The Labute approximate surface area is 147 Å². The molecule has 0 aliphatic carbocycles. The van der Waals surface area contributed by atoms with E-state index in [9.17, 15) is 4.79 Å². The molecule has 1 fully saturated rings. The van der Waals surface area contributed by atoms with Gasteiger partial charge in [0, 0.05) is 25.7 Å². The highest BCUT2D eigenvalue weighted by atomic mass is 16.5. The van der Waals surface area contributed by atoms with E-state index in [4.69, 9.17) is 9.47 Å². The molecule has 1 aliphatic heterocycles. The van der Waals surface area contributed by atoms with Crippen LogP contribution in [-0.4, -0.2) is 48.7 Å². The zero-order valence-corrected chi connectivity index (χ0v) is 14.4. The molecule has 6 nitrogen and oxygen atoms in total. The van der Waals surface area contributed by atoms with Gasteiger partial charge < -0.3 is 14.8 Å². The Bertz CT molecular complexity index is 693. The summed E-state index contributed by atoms with van der Waals surface area (Å²) >= 11 is 0. The van der Waals surface area contributed by atoms with Gasteiger partial charge in [0.2, 0.25) is 5.88 Å². The number of hydrogen-bond donors (Lipinski definition) is 1. The van der Waals surface area contributed by atoms with Crippen LogP contribution in [-0.2, 0) is 22.6 Å². The van der Waals surface area contributed by atoms with Crippen molar-refractivity contribution in [3.8, 4) is 5.88 Å². The Morgan fingerprint density at radius 1 is 1.28 bits per heavy atom. The summed E-state index contributed by atoms with van der Waals surface area (Å²) in [5, 5.41) is 2.90. The summed E-state index contributed by atoms with van der Waals surface area (Å²) in [6.45, 7) is 3.16. The van der Waals surface area contributed by atoms with Crippen LogP contribution in [0.3, 0.4) is 0 Å². The lowest BCUT2D eigenvalue weighted by molar-refractivity contribution is -0.139. The first-order chi connectivity index (χ1) is 12.2. The number of aromatic nitrogens is 1. The van der Waals surface area contributed by atoms with Gasteiger partial charge in [-0.05, 0) is 11.6 Å². The Hall–Kier alpha value is -2.44. The maximum atomic E-state index is 12.4. The van der Waals surface area contributed by atoms with Crippen LogP contribution in [0.2, 0.25) is 0 Å². The van der Waals surface area contributed by atoms with Gasteiger partial charge in [-0.2, -0.15) is 0 Å². The lowest BCUT2D eigenvalue weighted by Crippen LogP contribution is -2.49. The van der Waals surface area contributed by atoms with Crippen molar-refractivity contribution in [2.75, 3.05) is 26.8 Å². The van der Waals surface area contributed by atoms with Crippen LogP contribution < -0.4 is 10.1 Å². The molecule has 25 heavy (non-hydrogen) atoms. The predicted molar refractivity (Wildman–Crippen MR) is 94.1 cm³/mol. The first-order valence-corrected chi connectivity index (χ1v) is 8.40. The number of nitrogens with one attached hydrogen (secondary N) is 1. The molecule has 2 aromatic rings. The normalized spacial score (nSPS) is 17.9. The number of carbonyl (C=O) groups is 1. The molecule has 0 spiro atoms. The SMILES string of the molecule is COc1cccc(CNC(=O)C2CN(Cc3ccccc3)CCO2)n1. The molecule has 1 atom stereocenters. The van der Waals surface area contributed by atoms with Gasteiger partial charge in [-0.25, -0.2) is 4.98 Å². The third-order valence-corrected chi connectivity index (χ3v) is 4.13. The Morgan fingerprint density at radius 2 is 2.12 bits per heavy atom. The van der Waals surface area contributed by atoms with Crippen molar-refractivity contribution in [2.45, 2.75) is 19.2 Å². The van der Waals surface area contributed by atoms with Crippen LogP contribution in [0.4, 0.5) is 0 Å². The first kappa shape index (κ1) is 17.4. The third kappa shape index (κ3) is 5.01. The number of morpholine rings is 1. The molecule has 0 radical (unpaired) electrons. The number of methoxy groups -OCH3 is 1. The maximum absolute atomic E-state index is 12.4. The molecule has 1 N–H and O–H groups in total. The molecule has 1 aliphatic rings. The molecule has 1 aromatic heterocycles. The van der Waals surface area contributed by atoms with Crippen LogP contribution >= 0.6 is 0 Å². The van der Waals surface area contributed by atoms with Crippen LogP contribution in [0.25, 0.3) is 0 Å². The van der Waals surface area contributed by atoms with E-state index in [1.165, 1.54) is 5.56 Å². The van der Waals surface area contributed by atoms with Crippen LogP contribution in [0.5, 0.6) is 5.88 Å². The molecule has 1 aromatic carbocycles. The van der Waals surface area contributed by atoms with Crippen molar-refractivity contribution in [1.82, 2.24) is 15.2 Å². The zero-order chi connectivity index (χ0) is 17.5. The van der Waals surface area contributed by atoms with Gasteiger partial charge in [-0.15, -0.1) is 0 Å². The lowest BCUT2D eigenvalue weighted by atomic mass is 10.2. The average molecular weight is 341 g/mol. The fraction of sp³-hybridized carbons (Fsp3) is 0.368. The number of nitrogens with zero attached hydrogens (tertiary/aromatic N) is 2. The van der Waals surface area contributed by atoms with E-state index < -0.39 is 6.10 Å². The number of rotatable bonds is 6. The second-order valence-electron chi connectivity index (χ2n) is 5.97. The molecule has 0 saturated carbocycles. The standard InChI is InChI=1S/C19H23N3O3/c1-24-18-9-5-8-16(21-18)12-20-19(23)17-14-22(10-11-25-17)13-15-6-3-2-4-7-15/h2-9,17H,10-14H2,1H3,(H,20,23). The van der Waals surface area contributed by atoms with Gasteiger partial charge in [-0.1, -0.05) is 36.4 Å². The van der Waals surface area contributed by atoms with E-state index >= 15 is 0 Å². The molecule has 1 amide bonds. The molecule has 2 heterocycles. The molecule has 1 unspecified atom stereocenters. The monoisotopic (exact) mass is 341 g/mol. The van der Waals surface area contributed by atoms with Crippen molar-refractivity contribution in [3.05, 3.63) is 59.8 Å². The molecular weight excluding hydrogens is 318 g/mol. The summed E-state index contributed by atoms with van der Waals surface area (Å²) in [5.74, 6) is 0.428. The van der Waals surface area contributed by atoms with Gasteiger partial charge in [0.15, 0.2) is 0 Å². The van der Waals surface area contributed by atoms with Crippen molar-refractivity contribution in [2.24, 2.45) is 0 Å². The molecule has 6 heteroatoms. The number of pyridine rings is 1. The van der Waals surface area contributed by atoms with Crippen LogP contribution in [0.1, 0.15) is 11.3 Å². The topological polar surface area (TPSA) is 63.7 Å². The Morgan fingerprint density at radius 3 is 2.92 bits per heavy atom. The molecule has 132 valence electrons.